The molecule has 1 fully saturated rings. The number of aromatic amines is 1. The minimum absolute atomic E-state index is 0.00277. The summed E-state index contributed by atoms with van der Waals surface area (Å²) >= 11 is 0. The second-order valence-electron chi connectivity index (χ2n) is 9.84. The highest BCUT2D eigenvalue weighted by molar-refractivity contribution is 7.91. The van der Waals surface area contributed by atoms with Crippen LogP contribution < -0.4 is 10.3 Å². The molecule has 2 aromatic carbocycles. The fourth-order valence-electron chi connectivity index (χ4n) is 4.64. The average molecular weight is 601 g/mol. The SMILES string of the molecule is Cc1cc2c(-c3ccc[nH]c3=O)c(C(=O)NS(=O)(=O)C3CC3)n(Cc3cc(S(C)(=O)=O)cc(C#N)c3F)c2cc1F. The molecular weight excluding hydrogens is 578 g/mol. The van der Waals surface area contributed by atoms with Gasteiger partial charge in [0, 0.05) is 34.5 Å². The van der Waals surface area contributed by atoms with Crippen molar-refractivity contribution in [1.29, 1.82) is 5.26 Å². The summed E-state index contributed by atoms with van der Waals surface area (Å²) in [7, 11) is -8.01. The first-order valence-electron chi connectivity index (χ1n) is 12.2. The zero-order chi connectivity index (χ0) is 29.9. The molecule has 2 aromatic heterocycles. The van der Waals surface area contributed by atoms with Crippen LogP contribution in [0.25, 0.3) is 22.0 Å². The predicted octanol–water partition coefficient (Wildman–Crippen LogP) is 3.13. The van der Waals surface area contributed by atoms with Crippen LogP contribution in [0.4, 0.5) is 8.78 Å². The predicted molar refractivity (Wildman–Crippen MR) is 145 cm³/mol. The van der Waals surface area contributed by atoms with E-state index in [4.69, 9.17) is 0 Å². The van der Waals surface area contributed by atoms with Crippen molar-refractivity contribution in [3.8, 4) is 17.2 Å². The number of amides is 1. The Morgan fingerprint density at radius 2 is 1.88 bits per heavy atom. The Kier molecular flexibility index (Phi) is 6.83. The van der Waals surface area contributed by atoms with Crippen LogP contribution in [0.3, 0.4) is 0 Å². The summed E-state index contributed by atoms with van der Waals surface area (Å²) < 4.78 is 83.5. The van der Waals surface area contributed by atoms with E-state index in [1.165, 1.54) is 31.3 Å². The lowest BCUT2D eigenvalue weighted by Crippen LogP contribution is -2.35. The molecule has 0 atom stereocenters. The number of hydrogen-bond acceptors (Lipinski definition) is 7. The Labute approximate surface area is 233 Å². The Bertz CT molecular complexity index is 2090. The van der Waals surface area contributed by atoms with E-state index in [1.807, 2.05) is 4.72 Å². The number of sulfonamides is 1. The number of nitrogens with zero attached hydrogens (tertiary/aromatic N) is 2. The topological polar surface area (TPSA) is 159 Å². The van der Waals surface area contributed by atoms with Crippen LogP contribution in [-0.2, 0) is 26.4 Å². The summed E-state index contributed by atoms with van der Waals surface area (Å²) in [4.78, 5) is 28.7. The number of H-pyrrole nitrogens is 1. The Morgan fingerprint density at radius 1 is 1.17 bits per heavy atom. The number of hydrogen-bond donors (Lipinski definition) is 2. The summed E-state index contributed by atoms with van der Waals surface area (Å²) in [5.41, 5.74) is -1.87. The van der Waals surface area contributed by atoms with Gasteiger partial charge in [-0.1, -0.05) is 0 Å². The number of aromatic nitrogens is 2. The number of carbonyl (C=O) groups excluding carboxylic acids is 1. The van der Waals surface area contributed by atoms with Crippen molar-refractivity contribution in [2.45, 2.75) is 36.5 Å². The maximum absolute atomic E-state index is 15.4. The van der Waals surface area contributed by atoms with E-state index in [0.29, 0.717) is 12.8 Å². The van der Waals surface area contributed by atoms with Crippen molar-refractivity contribution in [2.24, 2.45) is 0 Å². The van der Waals surface area contributed by atoms with Gasteiger partial charge in [0.25, 0.3) is 11.5 Å². The molecule has 0 saturated heterocycles. The van der Waals surface area contributed by atoms with E-state index in [2.05, 4.69) is 4.98 Å². The van der Waals surface area contributed by atoms with Gasteiger partial charge in [-0.15, -0.1) is 0 Å². The molecule has 2 N–H and O–H groups in total. The van der Waals surface area contributed by atoms with Gasteiger partial charge in [-0.25, -0.2) is 30.3 Å². The third-order valence-corrected chi connectivity index (χ3v) is 9.75. The van der Waals surface area contributed by atoms with E-state index < -0.39 is 66.0 Å². The molecule has 2 heterocycles. The van der Waals surface area contributed by atoms with Crippen LogP contribution >= 0.6 is 0 Å². The summed E-state index contributed by atoms with van der Waals surface area (Å²) in [6.45, 7) is 0.844. The van der Waals surface area contributed by atoms with E-state index in [1.54, 1.807) is 6.07 Å². The van der Waals surface area contributed by atoms with Crippen LogP contribution in [0.1, 0.15) is 40.0 Å². The fraction of sp³-hybridized carbons (Fsp3) is 0.222. The Balaban J connectivity index is 1.86. The number of nitriles is 1. The van der Waals surface area contributed by atoms with Gasteiger partial charge in [-0.2, -0.15) is 5.26 Å². The van der Waals surface area contributed by atoms with Gasteiger partial charge >= 0.3 is 0 Å². The normalized spacial score (nSPS) is 13.7. The number of benzene rings is 2. The number of pyridine rings is 1. The van der Waals surface area contributed by atoms with Crippen molar-refractivity contribution >= 4 is 36.7 Å². The summed E-state index contributed by atoms with van der Waals surface area (Å²) in [6.07, 6.45) is 2.92. The zero-order valence-electron chi connectivity index (χ0n) is 21.7. The lowest BCUT2D eigenvalue weighted by atomic mass is 10.0. The van der Waals surface area contributed by atoms with Crippen LogP contribution in [0.15, 0.2) is 52.3 Å². The summed E-state index contributed by atoms with van der Waals surface area (Å²) in [5, 5.41) is 8.85. The van der Waals surface area contributed by atoms with Crippen LogP contribution in [0.2, 0.25) is 0 Å². The minimum atomic E-state index is -4.10. The number of aryl methyl sites for hydroxylation is 1. The van der Waals surface area contributed by atoms with Crippen molar-refractivity contribution in [1.82, 2.24) is 14.3 Å². The smallest absolute Gasteiger partial charge is 0.282 e. The molecule has 212 valence electrons. The molecule has 0 bridgehead atoms. The quantitative estimate of drug-likeness (QED) is 0.308. The standard InChI is InChI=1S/C27H22F2N4O6S2/c1-14-8-20-22(11-21(14)28)33(13-16-10-18(40(2,36)37)9-15(12-30)24(16)29)25(23(20)19-4-3-7-31-26(19)34)27(35)32-41(38,39)17-5-6-17/h3-4,7-11,17H,5-6,13H2,1-2H3,(H,31,34)(H,32,35). The first-order chi connectivity index (χ1) is 19.2. The molecule has 14 heteroatoms. The second kappa shape index (κ2) is 9.93. The number of fused-ring (bicyclic) bond motifs is 1. The largest absolute Gasteiger partial charge is 0.331 e. The molecule has 0 radical (unpaired) electrons. The number of sulfone groups is 1. The maximum Gasteiger partial charge on any atom is 0.282 e. The highest BCUT2D eigenvalue weighted by Crippen LogP contribution is 2.37. The summed E-state index contributed by atoms with van der Waals surface area (Å²) in [5.74, 6) is -2.93. The van der Waals surface area contributed by atoms with E-state index in [0.717, 1.165) is 29.0 Å². The molecule has 0 unspecified atom stereocenters. The minimum Gasteiger partial charge on any atom is -0.331 e. The lowest BCUT2D eigenvalue weighted by Gasteiger charge is -2.15. The molecule has 0 aliphatic heterocycles. The molecule has 41 heavy (non-hydrogen) atoms. The van der Waals surface area contributed by atoms with Gasteiger partial charge in [0.05, 0.1) is 27.8 Å². The molecule has 10 nitrogen and oxygen atoms in total. The molecule has 0 spiro atoms. The molecule has 1 aliphatic carbocycles. The monoisotopic (exact) mass is 600 g/mol. The fourth-order valence-corrected chi connectivity index (χ4v) is 6.61. The van der Waals surface area contributed by atoms with Crippen LogP contribution in [0, 0.1) is 29.9 Å². The molecular formula is C27H22F2N4O6S2. The first kappa shape index (κ1) is 28.2. The van der Waals surface area contributed by atoms with Gasteiger partial charge in [-0.05, 0) is 61.7 Å². The van der Waals surface area contributed by atoms with Crippen LogP contribution in [-0.4, -0.2) is 43.8 Å². The second-order valence-corrected chi connectivity index (χ2v) is 13.8. The van der Waals surface area contributed by atoms with E-state index in [9.17, 15) is 36.1 Å². The van der Waals surface area contributed by atoms with Gasteiger partial charge in [0.1, 0.15) is 23.4 Å². The van der Waals surface area contributed by atoms with Crippen LogP contribution in [0.5, 0.6) is 0 Å². The average Bonchev–Trinajstić information content (AvgIpc) is 3.71. The number of rotatable bonds is 7. The van der Waals surface area contributed by atoms with Gasteiger partial charge in [0.15, 0.2) is 9.84 Å². The Morgan fingerprint density at radius 3 is 2.49 bits per heavy atom. The third-order valence-electron chi connectivity index (χ3n) is 6.84. The first-order valence-corrected chi connectivity index (χ1v) is 15.7. The maximum atomic E-state index is 15.4. The van der Waals surface area contributed by atoms with Gasteiger partial charge in [0.2, 0.25) is 10.0 Å². The highest BCUT2D eigenvalue weighted by Gasteiger charge is 2.38. The molecule has 1 saturated carbocycles. The number of nitrogens with one attached hydrogen (secondary N) is 2. The van der Waals surface area contributed by atoms with Crippen molar-refractivity contribution in [2.75, 3.05) is 6.26 Å². The molecule has 4 aromatic rings. The van der Waals surface area contributed by atoms with Crippen molar-refractivity contribution in [3.05, 3.63) is 87.0 Å². The van der Waals surface area contributed by atoms with Crippen molar-refractivity contribution in [3.63, 3.8) is 0 Å². The van der Waals surface area contributed by atoms with Crippen molar-refractivity contribution < 1.29 is 30.4 Å². The van der Waals surface area contributed by atoms with Gasteiger partial charge < -0.3 is 9.55 Å². The molecule has 1 amide bonds. The Hall–Kier alpha value is -4.35. The third kappa shape index (κ3) is 5.14. The highest BCUT2D eigenvalue weighted by atomic mass is 32.2. The molecule has 5 rings (SSSR count). The lowest BCUT2D eigenvalue weighted by molar-refractivity contribution is 0.0973. The van der Waals surface area contributed by atoms with E-state index in [-0.39, 0.29) is 38.1 Å². The number of carbonyl (C=O) groups is 1. The van der Waals surface area contributed by atoms with Gasteiger partial charge in [-0.3, -0.25) is 9.59 Å². The zero-order valence-corrected chi connectivity index (χ0v) is 23.3. The number of halogens is 2. The summed E-state index contributed by atoms with van der Waals surface area (Å²) in [6, 6.07) is 8.76. The molecule has 1 aliphatic rings. The van der Waals surface area contributed by atoms with E-state index >= 15 is 4.39 Å².